The highest BCUT2D eigenvalue weighted by atomic mass is 32.2. The average Bonchev–Trinajstić information content (AvgIpc) is 3.22. The summed E-state index contributed by atoms with van der Waals surface area (Å²) in [5, 5.41) is 13.0. The van der Waals surface area contributed by atoms with Crippen molar-refractivity contribution in [3.05, 3.63) is 40.9 Å². The van der Waals surface area contributed by atoms with Crippen molar-refractivity contribution in [2.45, 2.75) is 25.8 Å². The number of amidine groups is 1. The lowest BCUT2D eigenvalue weighted by atomic mass is 9.86. The van der Waals surface area contributed by atoms with Gasteiger partial charge in [-0.2, -0.15) is 8.42 Å². The SMILES string of the molecule is C[C@@H]1[C@H](CC(=O)/C(=N\OCCCOc2ccc(C(=N)N)cc2)c2csc(N)n2)C(=O)N1S(=O)(=O)O. The molecule has 15 heteroatoms. The summed E-state index contributed by atoms with van der Waals surface area (Å²) in [5.74, 6) is -1.85. The number of nitrogens with two attached hydrogens (primary N) is 2. The van der Waals surface area contributed by atoms with Gasteiger partial charge in [-0.15, -0.1) is 11.3 Å². The van der Waals surface area contributed by atoms with Crippen LogP contribution in [0.15, 0.2) is 34.8 Å². The Kier molecular flexibility index (Phi) is 8.03. The van der Waals surface area contributed by atoms with E-state index >= 15 is 0 Å². The monoisotopic (exact) mass is 524 g/mol. The Bertz CT molecular complexity index is 1240. The summed E-state index contributed by atoms with van der Waals surface area (Å²) in [5.41, 5.74) is 11.7. The minimum absolute atomic E-state index is 0.0399. The molecule has 2 heterocycles. The second-order valence-corrected chi connectivity index (χ2v) is 9.75. The zero-order chi connectivity index (χ0) is 25.8. The van der Waals surface area contributed by atoms with Gasteiger partial charge in [0, 0.05) is 23.8 Å². The number of oxime groups is 1. The van der Waals surface area contributed by atoms with E-state index in [1.165, 1.54) is 12.3 Å². The molecule has 1 aliphatic heterocycles. The number of carbonyl (C=O) groups excluding carboxylic acids is 2. The molecule has 188 valence electrons. The third-order valence-corrected chi connectivity index (χ3v) is 6.82. The molecule has 1 fully saturated rings. The van der Waals surface area contributed by atoms with E-state index in [0.717, 1.165) is 11.3 Å². The van der Waals surface area contributed by atoms with E-state index in [4.69, 9.17) is 31.0 Å². The Morgan fingerprint density at radius 2 is 2.00 bits per heavy atom. The zero-order valence-electron chi connectivity index (χ0n) is 18.6. The van der Waals surface area contributed by atoms with Crippen LogP contribution >= 0.6 is 11.3 Å². The summed E-state index contributed by atoms with van der Waals surface area (Å²) in [6, 6.07) is 5.82. The molecule has 1 aromatic heterocycles. The van der Waals surface area contributed by atoms with Crippen LogP contribution in [0.5, 0.6) is 5.75 Å². The second-order valence-electron chi connectivity index (χ2n) is 7.57. The lowest BCUT2D eigenvalue weighted by molar-refractivity contribution is -0.147. The molecule has 2 aromatic rings. The molecule has 0 aliphatic carbocycles. The number of hydrogen-bond acceptors (Lipinski definition) is 11. The van der Waals surface area contributed by atoms with Gasteiger partial charge >= 0.3 is 10.3 Å². The van der Waals surface area contributed by atoms with Crippen LogP contribution in [0.1, 0.15) is 31.0 Å². The Labute approximate surface area is 205 Å². The largest absolute Gasteiger partial charge is 0.493 e. The molecule has 6 N–H and O–H groups in total. The fraction of sp³-hybridized carbons (Fsp3) is 0.350. The van der Waals surface area contributed by atoms with Crippen LogP contribution in [0.2, 0.25) is 0 Å². The van der Waals surface area contributed by atoms with E-state index in [9.17, 15) is 18.0 Å². The number of ether oxygens (including phenoxy) is 1. The van der Waals surface area contributed by atoms with Gasteiger partial charge in [0.2, 0.25) is 5.91 Å². The fourth-order valence-electron chi connectivity index (χ4n) is 3.32. The average molecular weight is 525 g/mol. The Balaban J connectivity index is 1.56. The van der Waals surface area contributed by atoms with Crippen LogP contribution in [0.25, 0.3) is 0 Å². The molecule has 35 heavy (non-hydrogen) atoms. The lowest BCUT2D eigenvalue weighted by Gasteiger charge is -2.41. The number of anilines is 1. The van der Waals surface area contributed by atoms with Crippen LogP contribution < -0.4 is 16.2 Å². The van der Waals surface area contributed by atoms with Gasteiger partial charge in [0.25, 0.3) is 0 Å². The van der Waals surface area contributed by atoms with Gasteiger partial charge in [-0.05, 0) is 31.2 Å². The minimum Gasteiger partial charge on any atom is -0.493 e. The quantitative estimate of drug-likeness (QED) is 0.0766. The number of hydrogen-bond donors (Lipinski definition) is 4. The number of benzene rings is 1. The van der Waals surface area contributed by atoms with E-state index in [-0.39, 0.29) is 35.4 Å². The van der Waals surface area contributed by atoms with Crippen LogP contribution in [-0.4, -0.2) is 64.8 Å². The van der Waals surface area contributed by atoms with Gasteiger partial charge in [-0.25, -0.2) is 9.29 Å². The van der Waals surface area contributed by atoms with E-state index in [0.29, 0.717) is 28.6 Å². The predicted molar refractivity (Wildman–Crippen MR) is 128 cm³/mol. The molecule has 0 saturated carbocycles. The molecule has 1 amide bonds. The van der Waals surface area contributed by atoms with Crippen molar-refractivity contribution in [1.29, 1.82) is 5.41 Å². The van der Waals surface area contributed by atoms with Gasteiger partial charge in [0.05, 0.1) is 18.6 Å². The molecule has 2 atom stereocenters. The number of aromatic nitrogens is 1. The topological polar surface area (TPSA) is 211 Å². The highest BCUT2D eigenvalue weighted by Gasteiger charge is 2.51. The summed E-state index contributed by atoms with van der Waals surface area (Å²) < 4.78 is 37.6. The van der Waals surface area contributed by atoms with E-state index in [1.807, 2.05) is 0 Å². The van der Waals surface area contributed by atoms with Crippen LogP contribution in [0, 0.1) is 11.3 Å². The number of rotatable bonds is 12. The van der Waals surface area contributed by atoms with Crippen molar-refractivity contribution in [2.75, 3.05) is 18.9 Å². The van der Waals surface area contributed by atoms with Gasteiger partial charge < -0.3 is 21.0 Å². The van der Waals surface area contributed by atoms with Crippen LogP contribution in [-0.2, 0) is 24.7 Å². The maximum Gasteiger partial charge on any atom is 0.362 e. The van der Waals surface area contributed by atoms with Gasteiger partial charge in [-0.1, -0.05) is 5.16 Å². The highest BCUT2D eigenvalue weighted by molar-refractivity contribution is 7.84. The zero-order valence-corrected chi connectivity index (χ0v) is 20.2. The molecule has 1 aromatic carbocycles. The standard InChI is InChI=1S/C20H24N6O7S2/c1-11-14(19(28)26(11)35(29,30)31)9-16(27)17(15-10-34-20(23)24-15)25-33-8-2-7-32-13-5-3-12(4-6-13)18(21)22/h3-6,10-11,14H,2,7-9H2,1H3,(H3,21,22)(H2,23,24)(H,29,30,31)/b25-17-/t11-,14+/m1/s1. The summed E-state index contributed by atoms with van der Waals surface area (Å²) in [6.45, 7) is 1.81. The first kappa shape index (κ1) is 26.1. The number of Topliss-reactive ketones (excluding diaryl/α,β-unsaturated/α-hetero) is 1. The Morgan fingerprint density at radius 1 is 1.31 bits per heavy atom. The smallest absolute Gasteiger partial charge is 0.362 e. The van der Waals surface area contributed by atoms with Crippen molar-refractivity contribution in [1.82, 2.24) is 9.29 Å². The number of nitrogens with one attached hydrogen (secondary N) is 1. The van der Waals surface area contributed by atoms with Crippen molar-refractivity contribution in [3.8, 4) is 5.75 Å². The van der Waals surface area contributed by atoms with Gasteiger partial charge in [0.15, 0.2) is 16.6 Å². The molecule has 0 radical (unpaired) electrons. The number of amides is 1. The van der Waals surface area contributed by atoms with Crippen molar-refractivity contribution >= 4 is 50.0 Å². The normalized spacial score (nSPS) is 18.2. The highest BCUT2D eigenvalue weighted by Crippen LogP contribution is 2.32. The summed E-state index contributed by atoms with van der Waals surface area (Å²) in [4.78, 5) is 34.3. The van der Waals surface area contributed by atoms with Gasteiger partial charge in [0.1, 0.15) is 23.9 Å². The maximum atomic E-state index is 12.9. The molecule has 1 saturated heterocycles. The molecular formula is C20H24N6O7S2. The second kappa shape index (κ2) is 10.8. The number of thiazole rings is 1. The molecule has 0 bridgehead atoms. The first-order chi connectivity index (χ1) is 16.5. The van der Waals surface area contributed by atoms with Crippen molar-refractivity contribution in [2.24, 2.45) is 16.8 Å². The number of β-lactam (4-membered cyclic amide) rings is 1. The predicted octanol–water partition coefficient (Wildman–Crippen LogP) is 0.808. The number of nitrogens with zero attached hydrogens (tertiary/aromatic N) is 3. The first-order valence-corrected chi connectivity index (χ1v) is 12.6. The number of nitrogen functional groups attached to an aromatic ring is 2. The molecule has 1 aliphatic rings. The summed E-state index contributed by atoms with van der Waals surface area (Å²) in [7, 11) is -4.69. The summed E-state index contributed by atoms with van der Waals surface area (Å²) >= 11 is 1.09. The van der Waals surface area contributed by atoms with Crippen LogP contribution in [0.3, 0.4) is 0 Å². The molecular weight excluding hydrogens is 500 g/mol. The lowest BCUT2D eigenvalue weighted by Crippen LogP contribution is -2.62. The van der Waals surface area contributed by atoms with E-state index in [2.05, 4.69) is 10.1 Å². The maximum absolute atomic E-state index is 12.9. The number of ketones is 1. The Morgan fingerprint density at radius 3 is 2.54 bits per heavy atom. The fourth-order valence-corrected chi connectivity index (χ4v) is 4.80. The van der Waals surface area contributed by atoms with Gasteiger partial charge in [-0.3, -0.25) is 19.6 Å². The van der Waals surface area contributed by atoms with E-state index < -0.39 is 34.0 Å². The third-order valence-electron chi connectivity index (χ3n) is 5.14. The molecule has 0 spiro atoms. The Hall–Kier alpha value is -3.56. The van der Waals surface area contributed by atoms with Crippen LogP contribution in [0.4, 0.5) is 5.13 Å². The third kappa shape index (κ3) is 6.32. The van der Waals surface area contributed by atoms with Crippen molar-refractivity contribution in [3.63, 3.8) is 0 Å². The van der Waals surface area contributed by atoms with E-state index in [1.54, 1.807) is 24.3 Å². The van der Waals surface area contributed by atoms with Crippen molar-refractivity contribution < 1.29 is 32.1 Å². The molecule has 0 unspecified atom stereocenters. The summed E-state index contributed by atoms with van der Waals surface area (Å²) in [6.07, 6.45) is 0.0884. The molecule has 3 rings (SSSR count). The number of carbonyl (C=O) groups is 2. The minimum atomic E-state index is -4.69. The molecule has 13 nitrogen and oxygen atoms in total. The first-order valence-electron chi connectivity index (χ1n) is 10.3.